The summed E-state index contributed by atoms with van der Waals surface area (Å²) in [6.45, 7) is 2.82. The number of hydrogen-bond donors (Lipinski definition) is 4. The van der Waals surface area contributed by atoms with E-state index in [2.05, 4.69) is 6.92 Å². The molecule has 0 bridgehead atoms. The second-order valence-corrected chi connectivity index (χ2v) is 9.02. The minimum Gasteiger partial charge on any atom is -0.508 e. The van der Waals surface area contributed by atoms with Gasteiger partial charge in [-0.3, -0.25) is 0 Å². The molecule has 0 fully saturated rings. The Balaban J connectivity index is 1.53. The lowest BCUT2D eigenvalue weighted by Gasteiger charge is -2.34. The zero-order valence-corrected chi connectivity index (χ0v) is 19.6. The molecule has 0 radical (unpaired) electrons. The first-order chi connectivity index (χ1) is 16.0. The van der Waals surface area contributed by atoms with Crippen LogP contribution in [0, 0.1) is 0 Å². The highest BCUT2D eigenvalue weighted by Gasteiger charge is 2.34. The predicted octanol–water partition coefficient (Wildman–Crippen LogP) is 6.49. The normalized spacial score (nSPS) is 17.5. The molecule has 2 aromatic carbocycles. The first-order valence-electron chi connectivity index (χ1n) is 12.3. The highest BCUT2D eigenvalue weighted by molar-refractivity contribution is 5.52. The van der Waals surface area contributed by atoms with E-state index in [0.717, 1.165) is 12.8 Å². The van der Waals surface area contributed by atoms with Gasteiger partial charge in [-0.05, 0) is 24.1 Å². The molecule has 33 heavy (non-hydrogen) atoms. The maximum atomic E-state index is 10.3. The quantitative estimate of drug-likeness (QED) is 0.202. The number of aromatic hydroxyl groups is 4. The zero-order valence-electron chi connectivity index (χ0n) is 19.6. The predicted molar refractivity (Wildman–Crippen MR) is 128 cm³/mol. The minimum absolute atomic E-state index is 0.0236. The summed E-state index contributed by atoms with van der Waals surface area (Å²) in [6.07, 6.45) is 12.0. The Hall–Kier alpha value is -2.60. The third-order valence-corrected chi connectivity index (χ3v) is 6.32. The Labute approximate surface area is 196 Å². The molecule has 6 heteroatoms. The molecule has 1 aliphatic rings. The van der Waals surface area contributed by atoms with Crippen molar-refractivity contribution < 1.29 is 29.9 Å². The second kappa shape index (κ2) is 12.6. The monoisotopic (exact) mass is 458 g/mol. The summed E-state index contributed by atoms with van der Waals surface area (Å²) in [4.78, 5) is 0. The van der Waals surface area contributed by atoms with Gasteiger partial charge in [0.1, 0.15) is 23.4 Å². The van der Waals surface area contributed by atoms with Crippen molar-refractivity contribution in [2.24, 2.45) is 0 Å². The fourth-order valence-electron chi connectivity index (χ4n) is 4.42. The largest absolute Gasteiger partial charge is 0.508 e. The van der Waals surface area contributed by atoms with E-state index >= 15 is 0 Å². The highest BCUT2D eigenvalue weighted by atomic mass is 16.5. The van der Waals surface area contributed by atoms with Crippen LogP contribution < -0.4 is 4.74 Å². The number of rotatable bonds is 13. The van der Waals surface area contributed by atoms with Gasteiger partial charge in [-0.15, -0.1) is 0 Å². The molecule has 0 unspecified atom stereocenters. The van der Waals surface area contributed by atoms with Crippen LogP contribution in [0.3, 0.4) is 0 Å². The van der Waals surface area contributed by atoms with Crippen molar-refractivity contribution >= 4 is 0 Å². The number of fused-ring (bicyclic) bond motifs is 1. The maximum absolute atomic E-state index is 10.3. The molecule has 0 saturated heterocycles. The number of phenols is 4. The zero-order chi connectivity index (χ0) is 23.6. The van der Waals surface area contributed by atoms with E-state index < -0.39 is 6.10 Å². The number of benzene rings is 2. The topological polar surface area (TPSA) is 99.4 Å². The summed E-state index contributed by atoms with van der Waals surface area (Å²) >= 11 is 0. The Morgan fingerprint density at radius 1 is 0.788 bits per heavy atom. The standard InChI is InChI=1S/C27H38O6/c1-2-3-4-5-6-7-8-9-10-11-14-32-26-18-21-23(30)16-20(28)17-25(21)33-27(26)19-12-13-22(29)24(31)15-19/h12-13,15-17,26-31H,2-11,14,18H2,1H3/t26-,27-/m1/s1. The lowest BCUT2D eigenvalue weighted by Crippen LogP contribution is -2.33. The summed E-state index contributed by atoms with van der Waals surface area (Å²) in [6, 6.07) is 7.34. The van der Waals surface area contributed by atoms with Crippen LogP contribution in [0.25, 0.3) is 0 Å². The molecule has 1 aliphatic heterocycles. The molecule has 0 aromatic heterocycles. The molecule has 2 atom stereocenters. The van der Waals surface area contributed by atoms with E-state index in [1.807, 2.05) is 0 Å². The van der Waals surface area contributed by atoms with Crippen molar-refractivity contribution in [1.82, 2.24) is 0 Å². The van der Waals surface area contributed by atoms with Crippen LogP contribution in [0.5, 0.6) is 28.7 Å². The van der Waals surface area contributed by atoms with Gasteiger partial charge in [0, 0.05) is 30.7 Å². The van der Waals surface area contributed by atoms with E-state index in [0.29, 0.717) is 29.9 Å². The molecule has 1 heterocycles. The van der Waals surface area contributed by atoms with Crippen molar-refractivity contribution in [3.8, 4) is 28.7 Å². The summed E-state index contributed by atoms with van der Waals surface area (Å²) in [5.74, 6) is -0.140. The van der Waals surface area contributed by atoms with Gasteiger partial charge >= 0.3 is 0 Å². The van der Waals surface area contributed by atoms with Crippen LogP contribution in [0.1, 0.15) is 88.4 Å². The minimum atomic E-state index is -0.534. The molecule has 4 N–H and O–H groups in total. The lowest BCUT2D eigenvalue weighted by molar-refractivity contribution is -0.0393. The first-order valence-corrected chi connectivity index (χ1v) is 12.3. The molecule has 0 amide bonds. The van der Waals surface area contributed by atoms with Crippen LogP contribution >= 0.6 is 0 Å². The van der Waals surface area contributed by atoms with Gasteiger partial charge in [0.25, 0.3) is 0 Å². The smallest absolute Gasteiger partial charge is 0.157 e. The second-order valence-electron chi connectivity index (χ2n) is 9.02. The fraction of sp³-hybridized carbons (Fsp3) is 0.556. The molecule has 6 nitrogen and oxygen atoms in total. The summed E-state index contributed by atoms with van der Waals surface area (Å²) in [5.41, 5.74) is 1.26. The van der Waals surface area contributed by atoms with E-state index in [1.54, 1.807) is 6.07 Å². The van der Waals surface area contributed by atoms with Crippen molar-refractivity contribution in [2.45, 2.75) is 89.8 Å². The Morgan fingerprint density at radius 2 is 1.45 bits per heavy atom. The Morgan fingerprint density at radius 3 is 2.12 bits per heavy atom. The molecule has 0 spiro atoms. The third kappa shape index (κ3) is 7.19. The third-order valence-electron chi connectivity index (χ3n) is 6.32. The molecular weight excluding hydrogens is 420 g/mol. The van der Waals surface area contributed by atoms with E-state index in [1.165, 1.54) is 75.6 Å². The Bertz CT molecular complexity index is 881. The van der Waals surface area contributed by atoms with Gasteiger partial charge in [0.15, 0.2) is 17.6 Å². The van der Waals surface area contributed by atoms with Gasteiger partial charge in [-0.2, -0.15) is 0 Å². The SMILES string of the molecule is CCCCCCCCCCCCO[C@@H]1Cc2c(O)cc(O)cc2O[C@@H]1c1ccc(O)c(O)c1. The van der Waals surface area contributed by atoms with Crippen LogP contribution in [0.4, 0.5) is 0 Å². The van der Waals surface area contributed by atoms with Gasteiger partial charge in [-0.1, -0.05) is 70.8 Å². The molecule has 0 aliphatic carbocycles. The van der Waals surface area contributed by atoms with Crippen molar-refractivity contribution in [1.29, 1.82) is 0 Å². The number of hydrogen-bond acceptors (Lipinski definition) is 6. The van der Waals surface area contributed by atoms with Crippen LogP contribution in [0.15, 0.2) is 30.3 Å². The van der Waals surface area contributed by atoms with Crippen molar-refractivity contribution in [2.75, 3.05) is 6.61 Å². The number of phenolic OH excluding ortho intramolecular Hbond substituents is 4. The number of unbranched alkanes of at least 4 members (excludes halogenated alkanes) is 9. The molecule has 3 rings (SSSR count). The van der Waals surface area contributed by atoms with Gasteiger partial charge < -0.3 is 29.9 Å². The summed E-state index contributed by atoms with van der Waals surface area (Å²) < 4.78 is 12.3. The molecule has 0 saturated carbocycles. The fourth-order valence-corrected chi connectivity index (χ4v) is 4.42. The average Bonchev–Trinajstić information content (AvgIpc) is 2.79. The van der Waals surface area contributed by atoms with Gasteiger partial charge in [0.05, 0.1) is 0 Å². The van der Waals surface area contributed by atoms with Gasteiger partial charge in [-0.25, -0.2) is 0 Å². The average molecular weight is 459 g/mol. The molecule has 182 valence electrons. The van der Waals surface area contributed by atoms with E-state index in [4.69, 9.17) is 9.47 Å². The van der Waals surface area contributed by atoms with E-state index in [9.17, 15) is 20.4 Å². The maximum Gasteiger partial charge on any atom is 0.157 e. The number of ether oxygens (including phenoxy) is 2. The molecular formula is C27H38O6. The summed E-state index contributed by atoms with van der Waals surface area (Å²) in [5, 5.41) is 39.7. The van der Waals surface area contributed by atoms with Crippen molar-refractivity contribution in [3.63, 3.8) is 0 Å². The summed E-state index contributed by atoms with van der Waals surface area (Å²) in [7, 11) is 0. The highest BCUT2D eigenvalue weighted by Crippen LogP contribution is 2.43. The van der Waals surface area contributed by atoms with E-state index in [-0.39, 0.29) is 29.1 Å². The van der Waals surface area contributed by atoms with Gasteiger partial charge in [0.2, 0.25) is 0 Å². The van der Waals surface area contributed by atoms with Crippen LogP contribution in [-0.4, -0.2) is 33.1 Å². The van der Waals surface area contributed by atoms with Crippen LogP contribution in [0.2, 0.25) is 0 Å². The molecule has 2 aromatic rings. The van der Waals surface area contributed by atoms with Crippen LogP contribution in [-0.2, 0) is 11.2 Å². The lowest BCUT2D eigenvalue weighted by atomic mass is 9.93. The first kappa shape index (κ1) is 25.0. The Kier molecular flexibility index (Phi) is 9.55. The van der Waals surface area contributed by atoms with Crippen molar-refractivity contribution in [3.05, 3.63) is 41.5 Å².